The second-order valence-corrected chi connectivity index (χ2v) is 23.9. The molecule has 0 unspecified atom stereocenters. The SMILES string of the molecule is Cc1cc2c3c(c1)N(c1cc(C(C)(C)C)ccc1C)c1cc(N(c4ccccc4)c4ccccc4)ccc1B3c1cc3c(cc1N2c1ccc2c(c1)C(C)(C)CC2(C)C)C(C)(C)CC3(C)C. The lowest BCUT2D eigenvalue weighted by Gasteiger charge is -2.45. The number of para-hydroxylation sites is 2. The smallest absolute Gasteiger partial charge is 0.252 e. The van der Waals surface area contributed by atoms with E-state index in [2.05, 4.69) is 244 Å². The van der Waals surface area contributed by atoms with Crippen LogP contribution >= 0.6 is 0 Å². The Hall–Kier alpha value is -6.00. The summed E-state index contributed by atoms with van der Waals surface area (Å²) >= 11 is 0. The van der Waals surface area contributed by atoms with Crippen LogP contribution in [0.3, 0.4) is 0 Å². The fraction of sp³-hybridized carbons (Fsp3) is 0.323. The van der Waals surface area contributed by atoms with Crippen molar-refractivity contribution in [2.45, 2.75) is 130 Å². The van der Waals surface area contributed by atoms with Gasteiger partial charge < -0.3 is 14.7 Å². The number of aryl methyl sites for hydroxylation is 2. The van der Waals surface area contributed by atoms with Crippen LogP contribution in [0.5, 0.6) is 0 Å². The summed E-state index contributed by atoms with van der Waals surface area (Å²) in [4.78, 5) is 7.72. The summed E-state index contributed by atoms with van der Waals surface area (Å²) in [5.41, 5.74) is 25.1. The Morgan fingerprint density at radius 3 is 1.61 bits per heavy atom. The predicted molar refractivity (Wildman–Crippen MR) is 285 cm³/mol. The van der Waals surface area contributed by atoms with Crippen LogP contribution in [0.2, 0.25) is 0 Å². The van der Waals surface area contributed by atoms with E-state index in [4.69, 9.17) is 0 Å². The molecule has 0 radical (unpaired) electrons. The van der Waals surface area contributed by atoms with Crippen molar-refractivity contribution >= 4 is 74.3 Å². The lowest BCUT2D eigenvalue weighted by atomic mass is 9.33. The fourth-order valence-corrected chi connectivity index (χ4v) is 13.3. The molecule has 0 fully saturated rings. The first-order valence-corrected chi connectivity index (χ1v) is 24.4. The number of anilines is 9. The van der Waals surface area contributed by atoms with Crippen molar-refractivity contribution in [1.29, 1.82) is 0 Å². The third kappa shape index (κ3) is 6.45. The van der Waals surface area contributed by atoms with E-state index < -0.39 is 0 Å². The van der Waals surface area contributed by atoms with Gasteiger partial charge in [0.25, 0.3) is 6.71 Å². The monoisotopic (exact) mass is 864 g/mol. The molecule has 7 aromatic rings. The average molecular weight is 864 g/mol. The van der Waals surface area contributed by atoms with Crippen molar-refractivity contribution in [3.8, 4) is 0 Å². The van der Waals surface area contributed by atoms with Crippen molar-refractivity contribution in [1.82, 2.24) is 0 Å². The van der Waals surface area contributed by atoms with Crippen molar-refractivity contribution < 1.29 is 0 Å². The molecule has 0 saturated carbocycles. The van der Waals surface area contributed by atoms with Crippen LogP contribution in [0.1, 0.15) is 128 Å². The summed E-state index contributed by atoms with van der Waals surface area (Å²) in [6.45, 7) is 31.2. The fourth-order valence-electron chi connectivity index (χ4n) is 13.3. The van der Waals surface area contributed by atoms with E-state index in [-0.39, 0.29) is 33.8 Å². The van der Waals surface area contributed by atoms with Gasteiger partial charge in [-0.05, 0) is 182 Å². The van der Waals surface area contributed by atoms with E-state index in [1.54, 1.807) is 0 Å². The van der Waals surface area contributed by atoms with Gasteiger partial charge in [-0.25, -0.2) is 0 Å². The Morgan fingerprint density at radius 2 is 1.00 bits per heavy atom. The molecule has 0 atom stereocenters. The summed E-state index contributed by atoms with van der Waals surface area (Å²) in [6.07, 6.45) is 2.26. The first-order chi connectivity index (χ1) is 31.1. The van der Waals surface area contributed by atoms with Crippen LogP contribution in [0.25, 0.3) is 0 Å². The molecule has 66 heavy (non-hydrogen) atoms. The number of rotatable bonds is 5. The van der Waals surface area contributed by atoms with E-state index in [1.807, 2.05) is 0 Å². The van der Waals surface area contributed by atoms with Gasteiger partial charge in [0.1, 0.15) is 0 Å². The highest BCUT2D eigenvalue weighted by Gasteiger charge is 2.49. The minimum Gasteiger partial charge on any atom is -0.311 e. The molecule has 7 aromatic carbocycles. The van der Waals surface area contributed by atoms with Gasteiger partial charge in [-0.2, -0.15) is 0 Å². The van der Waals surface area contributed by atoms with E-state index in [0.29, 0.717) is 0 Å². The molecule has 0 N–H and O–H groups in total. The number of nitrogens with zero attached hydrogens (tertiary/aromatic N) is 3. The Kier molecular flexibility index (Phi) is 9.21. The summed E-state index contributed by atoms with van der Waals surface area (Å²) in [7, 11) is 0. The van der Waals surface area contributed by atoms with Crippen LogP contribution < -0.4 is 31.1 Å². The average Bonchev–Trinajstić information content (AvgIpc) is 3.57. The first kappa shape index (κ1) is 42.6. The van der Waals surface area contributed by atoms with Gasteiger partial charge in [0.2, 0.25) is 0 Å². The summed E-state index contributed by atoms with van der Waals surface area (Å²) in [5, 5.41) is 0. The normalized spacial score (nSPS) is 17.7. The van der Waals surface area contributed by atoms with E-state index in [9.17, 15) is 0 Å². The minimum absolute atomic E-state index is 0.0183. The Morgan fingerprint density at radius 1 is 0.455 bits per heavy atom. The third-order valence-electron chi connectivity index (χ3n) is 15.9. The van der Waals surface area contributed by atoms with Crippen LogP contribution in [0, 0.1) is 13.8 Å². The maximum atomic E-state index is 2.67. The molecule has 2 heterocycles. The molecule has 2 aliphatic heterocycles. The Bertz CT molecular complexity index is 3070. The zero-order valence-electron chi connectivity index (χ0n) is 41.6. The Balaban J connectivity index is 1.24. The van der Waals surface area contributed by atoms with Gasteiger partial charge in [0, 0.05) is 51.2 Å². The van der Waals surface area contributed by atoms with Crippen molar-refractivity contribution in [3.63, 3.8) is 0 Å². The molecule has 2 aliphatic carbocycles. The highest BCUT2D eigenvalue weighted by Crippen LogP contribution is 2.55. The standard InChI is InChI=1S/C62H66BN3/c1-39-30-55-57-56(31-39)66(52-32-41(58(3,4)5)25-24-40(52)2)53-34-45(64(42-20-16-14-17-21-42)43-22-18-15-19-23-43)27-29-50(53)63(57)51-35-48-49(62(12,13)38-61(48,10)11)36-54(51)65(55)44-26-28-46-47(33-44)60(8,9)37-59(46,6)7/h14-36H,37-38H2,1-13H3. The zero-order valence-corrected chi connectivity index (χ0v) is 41.6. The number of hydrogen-bond donors (Lipinski definition) is 0. The molecule has 11 rings (SSSR count). The minimum atomic E-state index is -0.0263. The van der Waals surface area contributed by atoms with Gasteiger partial charge in [-0.15, -0.1) is 0 Å². The molecular weight excluding hydrogens is 798 g/mol. The van der Waals surface area contributed by atoms with Gasteiger partial charge in [-0.1, -0.05) is 143 Å². The molecule has 332 valence electrons. The molecule has 0 amide bonds. The molecule has 4 heteroatoms. The summed E-state index contributed by atoms with van der Waals surface area (Å²) in [6, 6.07) is 53.9. The van der Waals surface area contributed by atoms with Crippen LogP contribution in [0.4, 0.5) is 51.2 Å². The molecule has 0 saturated heterocycles. The van der Waals surface area contributed by atoms with Crippen molar-refractivity contribution in [2.24, 2.45) is 0 Å². The van der Waals surface area contributed by atoms with E-state index in [0.717, 1.165) is 29.9 Å². The molecule has 0 aromatic heterocycles. The van der Waals surface area contributed by atoms with Crippen molar-refractivity contribution in [2.75, 3.05) is 14.7 Å². The number of hydrogen-bond acceptors (Lipinski definition) is 3. The quantitative estimate of drug-likeness (QED) is 0.160. The van der Waals surface area contributed by atoms with Crippen LogP contribution in [-0.2, 0) is 27.1 Å². The Labute approximate surface area is 395 Å². The second-order valence-electron chi connectivity index (χ2n) is 23.9. The van der Waals surface area contributed by atoms with E-state index in [1.165, 1.54) is 89.5 Å². The van der Waals surface area contributed by atoms with Crippen LogP contribution in [-0.4, -0.2) is 6.71 Å². The van der Waals surface area contributed by atoms with Crippen LogP contribution in [0.15, 0.2) is 140 Å². The maximum Gasteiger partial charge on any atom is 0.252 e. The summed E-state index contributed by atoms with van der Waals surface area (Å²) in [5.74, 6) is 0. The highest BCUT2D eigenvalue weighted by molar-refractivity contribution is 7.00. The molecule has 0 spiro atoms. The highest BCUT2D eigenvalue weighted by atomic mass is 15.2. The topological polar surface area (TPSA) is 9.72 Å². The summed E-state index contributed by atoms with van der Waals surface area (Å²) < 4.78 is 0. The third-order valence-corrected chi connectivity index (χ3v) is 15.9. The van der Waals surface area contributed by atoms with Gasteiger partial charge in [0.15, 0.2) is 0 Å². The largest absolute Gasteiger partial charge is 0.311 e. The molecule has 3 nitrogen and oxygen atoms in total. The molecule has 0 bridgehead atoms. The first-order valence-electron chi connectivity index (χ1n) is 24.4. The zero-order chi connectivity index (χ0) is 46.5. The molecular formula is C62H66BN3. The lowest BCUT2D eigenvalue weighted by Crippen LogP contribution is -2.61. The molecule has 4 aliphatic rings. The number of benzene rings is 7. The maximum absolute atomic E-state index is 2.67. The second kappa shape index (κ2) is 14.3. The number of fused-ring (bicyclic) bond motifs is 6. The van der Waals surface area contributed by atoms with Gasteiger partial charge in [0.05, 0.1) is 0 Å². The van der Waals surface area contributed by atoms with Gasteiger partial charge >= 0.3 is 0 Å². The van der Waals surface area contributed by atoms with Gasteiger partial charge in [-0.3, -0.25) is 0 Å². The van der Waals surface area contributed by atoms with Crippen molar-refractivity contribution in [3.05, 3.63) is 178 Å². The predicted octanol–water partition coefficient (Wildman–Crippen LogP) is 15.1. The van der Waals surface area contributed by atoms with E-state index >= 15 is 0 Å². The lowest BCUT2D eigenvalue weighted by molar-refractivity contribution is 0.403.